The van der Waals surface area contributed by atoms with Crippen molar-refractivity contribution in [2.24, 2.45) is 7.05 Å². The van der Waals surface area contributed by atoms with Gasteiger partial charge in [0.1, 0.15) is 22.9 Å². The van der Waals surface area contributed by atoms with Gasteiger partial charge in [-0.25, -0.2) is 9.97 Å². The molecule has 5 heterocycles. The first-order valence-corrected chi connectivity index (χ1v) is 18.1. The molecule has 3 N–H and O–H groups in total. The third-order valence-electron chi connectivity index (χ3n) is 9.38. The van der Waals surface area contributed by atoms with Gasteiger partial charge in [-0.1, -0.05) is 36.4 Å². The molecular weight excluding hydrogens is 651 g/mol. The molecule has 0 bridgehead atoms. The number of benzene rings is 2. The summed E-state index contributed by atoms with van der Waals surface area (Å²) in [5.74, 6) is 0.852. The Hall–Kier alpha value is -4.85. The molecule has 50 heavy (non-hydrogen) atoms. The number of carbonyl (C=O) groups is 2. The van der Waals surface area contributed by atoms with Gasteiger partial charge in [-0.3, -0.25) is 24.3 Å². The number of amides is 1. The minimum atomic E-state index is -0.916. The smallest absolute Gasteiger partial charge is 0.239 e. The lowest BCUT2D eigenvalue weighted by atomic mass is 9.95. The van der Waals surface area contributed by atoms with Gasteiger partial charge in [0.2, 0.25) is 11.8 Å². The molecule has 0 spiro atoms. The fourth-order valence-electron chi connectivity index (χ4n) is 6.68. The van der Waals surface area contributed by atoms with Gasteiger partial charge in [-0.15, -0.1) is 11.8 Å². The number of fused-ring (bicyclic) bond motifs is 1. The Bertz CT molecular complexity index is 2010. The predicted molar refractivity (Wildman–Crippen MR) is 195 cm³/mol. The number of pyridine rings is 1. The molecule has 2 aliphatic rings. The number of hydrogen-bond donors (Lipinski definition) is 3. The van der Waals surface area contributed by atoms with Gasteiger partial charge in [0, 0.05) is 60.5 Å². The van der Waals surface area contributed by atoms with E-state index in [9.17, 15) is 9.59 Å². The molecule has 0 aliphatic carbocycles. The summed E-state index contributed by atoms with van der Waals surface area (Å²) >= 11 is 1.53. The van der Waals surface area contributed by atoms with E-state index in [0.717, 1.165) is 34.1 Å². The van der Waals surface area contributed by atoms with Gasteiger partial charge in [-0.05, 0) is 69.3 Å². The summed E-state index contributed by atoms with van der Waals surface area (Å²) in [6.45, 7) is 5.70. The SMILES string of the molecule is CSC1(C(=O)N[C@H](C(=O)c2ccc3[nH]nc(-c4ccc(OC(C)C)nc4)c3c2)N2CC=CCC2c2ccc(-c3ncn(C)n3)cc2)CCNC1. The minimum absolute atomic E-state index is 0.00977. The van der Waals surface area contributed by atoms with Crippen LogP contribution in [0.15, 0.2) is 79.3 Å². The number of aryl methyl sites for hydroxylation is 1. The van der Waals surface area contributed by atoms with Crippen molar-refractivity contribution in [3.63, 3.8) is 0 Å². The van der Waals surface area contributed by atoms with Gasteiger partial charge in [-0.2, -0.15) is 10.2 Å². The van der Waals surface area contributed by atoms with Crippen LogP contribution in [0.1, 0.15) is 48.7 Å². The lowest BCUT2D eigenvalue weighted by molar-refractivity contribution is -0.124. The number of hydrogen-bond acceptors (Lipinski definition) is 10. The third kappa shape index (κ3) is 6.68. The third-order valence-corrected chi connectivity index (χ3v) is 10.7. The van der Waals surface area contributed by atoms with Gasteiger partial charge >= 0.3 is 0 Å². The van der Waals surface area contributed by atoms with E-state index in [0.29, 0.717) is 48.9 Å². The Morgan fingerprint density at radius 2 is 1.88 bits per heavy atom. The molecule has 258 valence electrons. The molecule has 12 nitrogen and oxygen atoms in total. The maximum Gasteiger partial charge on any atom is 0.239 e. The molecule has 1 fully saturated rings. The number of H-pyrrole nitrogens is 1. The molecule has 1 amide bonds. The van der Waals surface area contributed by atoms with Crippen LogP contribution in [0, 0.1) is 0 Å². The number of ketones is 1. The molecule has 2 unspecified atom stereocenters. The minimum Gasteiger partial charge on any atom is -0.475 e. The van der Waals surface area contributed by atoms with Gasteiger partial charge in [0.05, 0.1) is 11.6 Å². The first kappa shape index (κ1) is 33.6. The molecule has 2 aromatic carbocycles. The second-order valence-electron chi connectivity index (χ2n) is 13.0. The van der Waals surface area contributed by atoms with E-state index in [1.54, 1.807) is 23.3 Å². The van der Waals surface area contributed by atoms with Crippen LogP contribution >= 0.6 is 11.8 Å². The second kappa shape index (κ2) is 14.2. The molecular formula is C37H41N9O3S. The molecule has 1 saturated heterocycles. The molecule has 5 aromatic rings. The fraction of sp³-hybridized carbons (Fsp3) is 0.351. The second-order valence-corrected chi connectivity index (χ2v) is 14.2. The molecule has 3 atom stereocenters. The van der Waals surface area contributed by atoms with E-state index >= 15 is 0 Å². The van der Waals surface area contributed by atoms with E-state index < -0.39 is 10.9 Å². The number of rotatable bonds is 11. The number of nitrogens with one attached hydrogen (secondary N) is 3. The number of Topliss-reactive ketones (excluding diaryl/α,β-unsaturated/α-hetero) is 1. The quantitative estimate of drug-likeness (QED) is 0.129. The van der Waals surface area contributed by atoms with E-state index in [2.05, 4.69) is 65.1 Å². The Labute approximate surface area is 295 Å². The molecule has 0 radical (unpaired) electrons. The highest BCUT2D eigenvalue weighted by Crippen LogP contribution is 2.35. The van der Waals surface area contributed by atoms with Crippen LogP contribution in [0.4, 0.5) is 0 Å². The topological polar surface area (TPSA) is 143 Å². The van der Waals surface area contributed by atoms with Crippen molar-refractivity contribution in [1.82, 2.24) is 45.5 Å². The Morgan fingerprint density at radius 1 is 1.06 bits per heavy atom. The highest BCUT2D eigenvalue weighted by Gasteiger charge is 2.44. The van der Waals surface area contributed by atoms with Crippen molar-refractivity contribution in [3.8, 4) is 28.5 Å². The number of carbonyl (C=O) groups excluding carboxylic acids is 2. The first-order chi connectivity index (χ1) is 24.2. The lowest BCUT2D eigenvalue weighted by Gasteiger charge is -2.40. The van der Waals surface area contributed by atoms with Crippen LogP contribution in [0.2, 0.25) is 0 Å². The zero-order chi connectivity index (χ0) is 34.8. The van der Waals surface area contributed by atoms with Crippen molar-refractivity contribution < 1.29 is 14.3 Å². The van der Waals surface area contributed by atoms with Crippen LogP contribution in [0.3, 0.4) is 0 Å². The monoisotopic (exact) mass is 691 g/mol. The molecule has 2 aliphatic heterocycles. The summed E-state index contributed by atoms with van der Waals surface area (Å²) in [6, 6.07) is 17.2. The van der Waals surface area contributed by atoms with Crippen molar-refractivity contribution in [2.75, 3.05) is 25.9 Å². The summed E-state index contributed by atoms with van der Waals surface area (Å²) in [6.07, 6.45) is 10.0. The van der Waals surface area contributed by atoms with Crippen LogP contribution in [0.25, 0.3) is 33.5 Å². The summed E-state index contributed by atoms with van der Waals surface area (Å²) in [4.78, 5) is 39.8. The predicted octanol–water partition coefficient (Wildman–Crippen LogP) is 4.93. The van der Waals surface area contributed by atoms with E-state index in [1.165, 1.54) is 11.8 Å². The maximum atomic E-state index is 14.8. The highest BCUT2D eigenvalue weighted by atomic mass is 32.2. The Balaban J connectivity index is 1.24. The first-order valence-electron chi connectivity index (χ1n) is 16.8. The number of nitrogens with zero attached hydrogens (tertiary/aromatic N) is 6. The lowest BCUT2D eigenvalue weighted by Crippen LogP contribution is -2.59. The summed E-state index contributed by atoms with van der Waals surface area (Å²) in [5.41, 5.74) is 4.69. The van der Waals surface area contributed by atoms with Crippen LogP contribution < -0.4 is 15.4 Å². The normalized spacial score (nSPS) is 20.0. The van der Waals surface area contributed by atoms with Crippen LogP contribution in [0.5, 0.6) is 5.88 Å². The van der Waals surface area contributed by atoms with Gasteiger partial charge in [0.25, 0.3) is 0 Å². The standard InChI is InChI=1S/C37H41N9O3S/c1-23(2)49-31-15-13-27(20-39-31)32-28-19-26(12-14-29(28)42-43-32)33(47)35(41-36(48)37(50-4)16-17-38-21-37)46-18-6-5-7-30(46)24-8-10-25(11-9-24)34-40-22-45(3)44-34/h5-6,8-15,19-20,22-23,30,35,38H,7,16-18,21H2,1-4H3,(H,41,48)(H,42,43)/t30?,35-,37?/m0/s1. The molecule has 0 saturated carbocycles. The number of aromatic nitrogens is 6. The maximum absolute atomic E-state index is 14.8. The number of thioether (sulfide) groups is 1. The van der Waals surface area contributed by atoms with Gasteiger partial charge < -0.3 is 15.4 Å². The molecule has 13 heteroatoms. The molecule has 3 aromatic heterocycles. The number of aromatic amines is 1. The van der Waals surface area contributed by atoms with E-state index in [1.807, 2.05) is 63.5 Å². The van der Waals surface area contributed by atoms with Crippen molar-refractivity contribution >= 4 is 34.4 Å². The average molecular weight is 692 g/mol. The fourth-order valence-corrected chi connectivity index (χ4v) is 7.48. The Kier molecular flexibility index (Phi) is 9.54. The largest absolute Gasteiger partial charge is 0.475 e. The van der Waals surface area contributed by atoms with E-state index in [4.69, 9.17) is 4.74 Å². The molecule has 7 rings (SSSR count). The van der Waals surface area contributed by atoms with Crippen molar-refractivity contribution in [3.05, 3.63) is 90.4 Å². The number of ether oxygens (including phenoxy) is 1. The zero-order valence-electron chi connectivity index (χ0n) is 28.6. The van der Waals surface area contributed by atoms with Crippen LogP contribution in [-0.2, 0) is 11.8 Å². The summed E-state index contributed by atoms with van der Waals surface area (Å²) in [7, 11) is 1.84. The highest BCUT2D eigenvalue weighted by molar-refractivity contribution is 8.00. The average Bonchev–Trinajstić information content (AvgIpc) is 3.91. The van der Waals surface area contributed by atoms with E-state index in [-0.39, 0.29) is 23.8 Å². The Morgan fingerprint density at radius 3 is 2.56 bits per heavy atom. The zero-order valence-corrected chi connectivity index (χ0v) is 29.4. The van der Waals surface area contributed by atoms with Crippen molar-refractivity contribution in [1.29, 1.82) is 0 Å². The van der Waals surface area contributed by atoms with Crippen molar-refractivity contribution in [2.45, 2.75) is 49.7 Å². The van der Waals surface area contributed by atoms with Gasteiger partial charge in [0.15, 0.2) is 11.6 Å². The summed E-state index contributed by atoms with van der Waals surface area (Å²) < 4.78 is 6.74. The van der Waals surface area contributed by atoms with Crippen LogP contribution in [-0.4, -0.2) is 89.4 Å². The summed E-state index contributed by atoms with van der Waals surface area (Å²) in [5, 5.41) is 19.5.